The van der Waals surface area contributed by atoms with Crippen molar-refractivity contribution in [2.45, 2.75) is 0 Å². The van der Waals surface area contributed by atoms with E-state index >= 15 is 0 Å². The summed E-state index contributed by atoms with van der Waals surface area (Å²) in [4.78, 5) is 15.1. The van der Waals surface area contributed by atoms with Crippen LogP contribution >= 0.6 is 22.7 Å². The average molecular weight is 763 g/mol. The minimum atomic E-state index is 0.662. The van der Waals surface area contributed by atoms with E-state index in [9.17, 15) is 0 Å². The Morgan fingerprint density at radius 1 is 0.351 bits per heavy atom. The maximum atomic E-state index is 5.09. The highest BCUT2D eigenvalue weighted by Gasteiger charge is 2.21. The number of thiophene rings is 2. The number of hydrogen-bond acceptors (Lipinski definition) is 5. The average Bonchev–Trinajstić information content (AvgIpc) is 3.95. The topological polar surface area (TPSA) is 43.6 Å². The van der Waals surface area contributed by atoms with E-state index in [1.165, 1.54) is 73.3 Å². The van der Waals surface area contributed by atoms with Gasteiger partial charge in [0.2, 0.25) is 0 Å². The van der Waals surface area contributed by atoms with Crippen LogP contribution in [0, 0.1) is 0 Å². The van der Waals surface area contributed by atoms with Gasteiger partial charge in [0.1, 0.15) is 0 Å². The summed E-state index contributed by atoms with van der Waals surface area (Å²) in [5, 5.41) is 7.56. The van der Waals surface area contributed by atoms with Gasteiger partial charge in [-0.25, -0.2) is 15.0 Å². The Morgan fingerprint density at radius 2 is 0.965 bits per heavy atom. The molecule has 0 saturated carbocycles. The lowest BCUT2D eigenvalue weighted by Gasteiger charge is -2.09. The van der Waals surface area contributed by atoms with Crippen LogP contribution in [0.2, 0.25) is 0 Å². The fraction of sp³-hybridized carbons (Fsp3) is 0. The Kier molecular flexibility index (Phi) is 7.24. The standard InChI is InChI=1S/C51H30N4S2/c1-4-14-31(15-5-1)49-52-50(32-16-6-2-7-17-32)54-51(53-49)38-23-12-22-37-39-28-33(26-27-45(39)57-48(37)38)35-21-13-24-42-47(35)41-29-40-36-20-10-11-25-44(36)56-46(40)30-43(41)55(42)34-18-8-3-9-19-34/h1-30H. The van der Waals surface area contributed by atoms with E-state index in [-0.39, 0.29) is 0 Å². The van der Waals surface area contributed by atoms with Gasteiger partial charge in [0, 0.05) is 73.5 Å². The zero-order chi connectivity index (χ0) is 37.5. The lowest BCUT2D eigenvalue weighted by Crippen LogP contribution is -2.00. The van der Waals surface area contributed by atoms with Crippen LogP contribution in [0.1, 0.15) is 0 Å². The first kappa shape index (κ1) is 32.3. The van der Waals surface area contributed by atoms with E-state index < -0.39 is 0 Å². The quantitative estimate of drug-likeness (QED) is 0.175. The smallest absolute Gasteiger partial charge is 0.165 e. The molecule has 4 aromatic heterocycles. The van der Waals surface area contributed by atoms with E-state index in [1.54, 1.807) is 11.3 Å². The molecule has 4 heterocycles. The molecule has 0 unspecified atom stereocenters. The molecule has 4 nitrogen and oxygen atoms in total. The summed E-state index contributed by atoms with van der Waals surface area (Å²) in [6.07, 6.45) is 0. The molecule has 0 saturated heterocycles. The van der Waals surface area contributed by atoms with Gasteiger partial charge in [-0.1, -0.05) is 127 Å². The maximum absolute atomic E-state index is 5.09. The molecule has 12 rings (SSSR count). The van der Waals surface area contributed by atoms with Gasteiger partial charge in [-0.05, 0) is 65.7 Å². The molecule has 6 heteroatoms. The Balaban J connectivity index is 1.08. The van der Waals surface area contributed by atoms with Gasteiger partial charge in [0.25, 0.3) is 0 Å². The third-order valence-corrected chi connectivity index (χ3v) is 13.4. The Labute approximate surface area is 335 Å². The van der Waals surface area contributed by atoms with Crippen molar-refractivity contribution in [2.24, 2.45) is 0 Å². The van der Waals surface area contributed by atoms with Gasteiger partial charge in [-0.2, -0.15) is 0 Å². The van der Waals surface area contributed by atoms with E-state index in [0.717, 1.165) is 22.4 Å². The van der Waals surface area contributed by atoms with Gasteiger partial charge < -0.3 is 4.57 Å². The monoisotopic (exact) mass is 762 g/mol. The summed E-state index contributed by atoms with van der Waals surface area (Å²) < 4.78 is 7.45. The van der Waals surface area contributed by atoms with Crippen molar-refractivity contribution in [3.63, 3.8) is 0 Å². The summed E-state index contributed by atoms with van der Waals surface area (Å²) >= 11 is 3.67. The Morgan fingerprint density at radius 3 is 1.74 bits per heavy atom. The molecule has 0 aliphatic carbocycles. The number of para-hydroxylation sites is 1. The first-order valence-electron chi connectivity index (χ1n) is 19.0. The maximum Gasteiger partial charge on any atom is 0.165 e. The minimum Gasteiger partial charge on any atom is -0.309 e. The molecule has 12 aromatic rings. The minimum absolute atomic E-state index is 0.662. The second kappa shape index (κ2) is 12.8. The van der Waals surface area contributed by atoms with Crippen molar-refractivity contribution in [3.05, 3.63) is 182 Å². The molecule has 266 valence electrons. The SMILES string of the molecule is c1ccc(-c2nc(-c3ccccc3)nc(-c3cccc4c3sc3ccc(-c5cccc6c5c5cc7c(cc5n6-c5ccccc5)sc5ccccc57)cc34)n2)cc1. The summed E-state index contributed by atoms with van der Waals surface area (Å²) in [6.45, 7) is 0. The Bertz CT molecular complexity index is 3450. The third kappa shape index (κ3) is 5.15. The molecule has 0 atom stereocenters. The highest BCUT2D eigenvalue weighted by molar-refractivity contribution is 7.26. The molecular weight excluding hydrogens is 733 g/mol. The molecule has 0 aliphatic heterocycles. The normalized spacial score (nSPS) is 11.9. The lowest BCUT2D eigenvalue weighted by molar-refractivity contribution is 1.08. The molecule has 57 heavy (non-hydrogen) atoms. The van der Waals surface area contributed by atoms with E-state index in [0.29, 0.717) is 17.5 Å². The number of hydrogen-bond donors (Lipinski definition) is 0. The molecule has 0 bridgehead atoms. The number of aromatic nitrogens is 4. The molecule has 0 N–H and O–H groups in total. The van der Waals surface area contributed by atoms with Crippen molar-refractivity contribution >= 4 is 84.8 Å². The summed E-state index contributed by atoms with van der Waals surface area (Å²) in [7, 11) is 0. The predicted molar refractivity (Wildman–Crippen MR) is 242 cm³/mol. The van der Waals surface area contributed by atoms with Gasteiger partial charge in [0.05, 0.1) is 11.0 Å². The number of benzene rings is 8. The van der Waals surface area contributed by atoms with Crippen LogP contribution < -0.4 is 0 Å². The summed E-state index contributed by atoms with van der Waals surface area (Å²) in [6, 6.07) is 64.9. The highest BCUT2D eigenvalue weighted by Crippen LogP contribution is 2.46. The molecule has 0 amide bonds. The first-order valence-corrected chi connectivity index (χ1v) is 20.7. The van der Waals surface area contributed by atoms with Crippen LogP contribution in [0.3, 0.4) is 0 Å². The molecule has 0 fully saturated rings. The Hall–Kier alpha value is -6.99. The van der Waals surface area contributed by atoms with Crippen LogP contribution in [0.15, 0.2) is 182 Å². The molecule has 0 spiro atoms. The second-order valence-corrected chi connectivity index (χ2v) is 16.5. The predicted octanol–water partition coefficient (Wildman–Crippen LogP) is 14.4. The van der Waals surface area contributed by atoms with Crippen molar-refractivity contribution in [1.82, 2.24) is 19.5 Å². The highest BCUT2D eigenvalue weighted by atomic mass is 32.1. The largest absolute Gasteiger partial charge is 0.309 e. The first-order chi connectivity index (χ1) is 28.2. The number of nitrogens with zero attached hydrogens (tertiary/aromatic N) is 4. The van der Waals surface area contributed by atoms with Gasteiger partial charge in [-0.3, -0.25) is 0 Å². The molecule has 0 aliphatic rings. The van der Waals surface area contributed by atoms with Crippen LogP contribution in [-0.2, 0) is 0 Å². The van der Waals surface area contributed by atoms with Crippen LogP contribution in [0.5, 0.6) is 0 Å². The zero-order valence-electron chi connectivity index (χ0n) is 30.4. The van der Waals surface area contributed by atoms with Crippen molar-refractivity contribution < 1.29 is 0 Å². The number of rotatable bonds is 5. The fourth-order valence-electron chi connectivity index (χ4n) is 8.45. The van der Waals surface area contributed by atoms with Crippen LogP contribution in [-0.4, -0.2) is 19.5 Å². The fourth-order valence-corrected chi connectivity index (χ4v) is 10.8. The molecule has 0 radical (unpaired) electrons. The van der Waals surface area contributed by atoms with Crippen molar-refractivity contribution in [3.8, 4) is 51.0 Å². The van der Waals surface area contributed by atoms with Crippen molar-refractivity contribution in [1.29, 1.82) is 0 Å². The molecular formula is C51H30N4S2. The van der Waals surface area contributed by atoms with E-state index in [4.69, 9.17) is 15.0 Å². The van der Waals surface area contributed by atoms with Crippen LogP contribution in [0.4, 0.5) is 0 Å². The molecule has 8 aromatic carbocycles. The third-order valence-electron chi connectivity index (χ3n) is 11.1. The van der Waals surface area contributed by atoms with E-state index in [2.05, 4.69) is 150 Å². The van der Waals surface area contributed by atoms with E-state index in [1.807, 2.05) is 47.7 Å². The summed E-state index contributed by atoms with van der Waals surface area (Å²) in [5.41, 5.74) is 8.92. The van der Waals surface area contributed by atoms with Gasteiger partial charge in [-0.15, -0.1) is 22.7 Å². The summed E-state index contributed by atoms with van der Waals surface area (Å²) in [5.74, 6) is 2.00. The van der Waals surface area contributed by atoms with Gasteiger partial charge in [0.15, 0.2) is 17.5 Å². The van der Waals surface area contributed by atoms with Crippen LogP contribution in [0.25, 0.3) is 113 Å². The lowest BCUT2D eigenvalue weighted by atomic mass is 9.97. The van der Waals surface area contributed by atoms with Gasteiger partial charge >= 0.3 is 0 Å². The second-order valence-electron chi connectivity index (χ2n) is 14.4. The zero-order valence-corrected chi connectivity index (χ0v) is 32.1. The number of fused-ring (bicyclic) bond motifs is 9. The van der Waals surface area contributed by atoms with Crippen molar-refractivity contribution in [2.75, 3.05) is 0 Å².